The zero-order chi connectivity index (χ0) is 31.9. The third kappa shape index (κ3) is 8.20. The Kier molecular flexibility index (Phi) is 10.4. The molecule has 8 nitrogen and oxygen atoms in total. The molecule has 1 fully saturated rings. The van der Waals surface area contributed by atoms with Crippen LogP contribution in [-0.2, 0) is 32.2 Å². The number of aliphatic carboxylic acids is 1. The minimum atomic E-state index is -0.990. The predicted octanol–water partition coefficient (Wildman–Crippen LogP) is 7.27. The molecular formula is C36H34N2O6S2. The molecule has 236 valence electrons. The first-order chi connectivity index (χ1) is 22.4. The second-order valence-corrected chi connectivity index (χ2v) is 13.4. The number of aliphatic hydroxyl groups excluding tert-OH is 1. The van der Waals surface area contributed by atoms with Crippen molar-refractivity contribution < 1.29 is 29.3 Å². The van der Waals surface area contributed by atoms with Gasteiger partial charge in [-0.05, 0) is 46.0 Å². The molecule has 46 heavy (non-hydrogen) atoms. The van der Waals surface area contributed by atoms with E-state index in [1.54, 1.807) is 23.1 Å². The Morgan fingerprint density at radius 3 is 2.41 bits per heavy atom. The molecule has 10 heteroatoms. The summed E-state index contributed by atoms with van der Waals surface area (Å²) in [6.07, 6.45) is -0.331. The highest BCUT2D eigenvalue weighted by molar-refractivity contribution is 8.01. The number of carboxylic acids is 1. The van der Waals surface area contributed by atoms with Crippen molar-refractivity contribution in [1.29, 1.82) is 0 Å². The van der Waals surface area contributed by atoms with Crippen molar-refractivity contribution in [1.82, 2.24) is 10.3 Å². The number of para-hydroxylation sites is 1. The number of rotatable bonds is 12. The van der Waals surface area contributed by atoms with E-state index in [9.17, 15) is 14.7 Å². The molecular weight excluding hydrogens is 621 g/mol. The molecule has 2 heterocycles. The summed E-state index contributed by atoms with van der Waals surface area (Å²) in [5.74, 6) is -0.539. The van der Waals surface area contributed by atoms with Crippen LogP contribution in [0.1, 0.15) is 53.9 Å². The van der Waals surface area contributed by atoms with Crippen LogP contribution in [-0.4, -0.2) is 38.9 Å². The summed E-state index contributed by atoms with van der Waals surface area (Å²) >= 11 is 3.40. The van der Waals surface area contributed by atoms with Crippen LogP contribution in [0, 0.1) is 0 Å². The molecule has 5 aromatic rings. The number of thioether (sulfide) groups is 1. The van der Waals surface area contributed by atoms with Crippen LogP contribution in [0.3, 0.4) is 0 Å². The summed E-state index contributed by atoms with van der Waals surface area (Å²) in [6, 6.07) is 32.1. The van der Waals surface area contributed by atoms with Gasteiger partial charge in [-0.3, -0.25) is 9.59 Å². The maximum Gasteiger partial charge on any atom is 0.303 e. The number of amides is 1. The third-order valence-electron chi connectivity index (χ3n) is 7.78. The number of carbonyl (C=O) groups excluding carboxylic acids is 1. The number of hydrogen-bond donors (Lipinski definition) is 3. The molecule has 3 N–H and O–H groups in total. The van der Waals surface area contributed by atoms with Gasteiger partial charge in [0.05, 0.1) is 35.5 Å². The Morgan fingerprint density at radius 1 is 0.870 bits per heavy atom. The SMILES string of the molecule is O=C(O)CCC(=O)NCc1cccc(-c2ccc([C@H]3O[C@@H](CSc4nc5ccccc5s4)C[C@@H](c4ccc(CO)cc4)O3)cc2)c1. The predicted molar refractivity (Wildman–Crippen MR) is 179 cm³/mol. The maximum absolute atomic E-state index is 12.0. The zero-order valence-electron chi connectivity index (χ0n) is 25.0. The number of carbonyl (C=O) groups is 2. The molecule has 4 aromatic carbocycles. The van der Waals surface area contributed by atoms with Crippen molar-refractivity contribution >= 4 is 45.2 Å². The van der Waals surface area contributed by atoms with Crippen LogP contribution < -0.4 is 5.32 Å². The van der Waals surface area contributed by atoms with Crippen molar-refractivity contribution in [2.45, 2.75) is 55.3 Å². The van der Waals surface area contributed by atoms with E-state index in [2.05, 4.69) is 11.4 Å². The summed E-state index contributed by atoms with van der Waals surface area (Å²) < 4.78 is 15.3. The first kappa shape index (κ1) is 31.9. The Hall–Kier alpha value is -4.06. The molecule has 6 rings (SSSR count). The maximum atomic E-state index is 12.0. The molecule has 0 spiro atoms. The topological polar surface area (TPSA) is 118 Å². The lowest BCUT2D eigenvalue weighted by molar-refractivity contribution is -0.245. The van der Waals surface area contributed by atoms with Crippen LogP contribution in [0.4, 0.5) is 0 Å². The molecule has 0 saturated carbocycles. The van der Waals surface area contributed by atoms with Crippen LogP contribution in [0.2, 0.25) is 0 Å². The average molecular weight is 655 g/mol. The van der Waals surface area contributed by atoms with Crippen molar-refractivity contribution in [2.75, 3.05) is 5.75 Å². The zero-order valence-corrected chi connectivity index (χ0v) is 26.6. The number of benzene rings is 4. The smallest absolute Gasteiger partial charge is 0.303 e. The van der Waals surface area contributed by atoms with E-state index in [1.807, 2.05) is 91.0 Å². The standard InChI is InChI=1S/C36H34N2O6S2/c39-21-23-8-10-26(11-9-23)31-19-29(22-45-36-38-30-6-1-2-7-32(30)46-36)43-35(44-31)27-14-12-25(13-15-27)28-5-3-4-24(18-28)20-37-33(40)16-17-34(41)42/h1-15,18,29,31,35,39H,16-17,19-22H2,(H,37,40)(H,41,42)/t29-,31+,35+/m1/s1. The second-order valence-electron chi connectivity index (χ2n) is 11.1. The van der Waals surface area contributed by atoms with Crippen LogP contribution in [0.5, 0.6) is 0 Å². The molecule has 1 aromatic heterocycles. The Balaban J connectivity index is 1.15. The fraction of sp³-hybridized carbons (Fsp3) is 0.250. The molecule has 3 atom stereocenters. The number of aromatic nitrogens is 1. The minimum absolute atomic E-state index is 0.00431. The lowest BCUT2D eigenvalue weighted by Gasteiger charge is -2.36. The first-order valence-corrected chi connectivity index (χ1v) is 16.9. The van der Waals surface area contributed by atoms with Gasteiger partial charge in [-0.1, -0.05) is 90.6 Å². The van der Waals surface area contributed by atoms with Gasteiger partial charge < -0.3 is 25.0 Å². The molecule has 1 amide bonds. The summed E-state index contributed by atoms with van der Waals surface area (Å²) in [5, 5.41) is 21.1. The molecule has 0 radical (unpaired) electrons. The van der Waals surface area contributed by atoms with E-state index in [-0.39, 0.29) is 37.6 Å². The number of nitrogens with zero attached hydrogens (tertiary/aromatic N) is 1. The highest BCUT2D eigenvalue weighted by Crippen LogP contribution is 2.40. The van der Waals surface area contributed by atoms with E-state index >= 15 is 0 Å². The lowest BCUT2D eigenvalue weighted by Crippen LogP contribution is -2.31. The molecule has 1 saturated heterocycles. The number of fused-ring (bicyclic) bond motifs is 1. The Labute approximate surface area is 275 Å². The van der Waals surface area contributed by atoms with Gasteiger partial charge in [0, 0.05) is 30.7 Å². The van der Waals surface area contributed by atoms with Gasteiger partial charge in [0.1, 0.15) is 0 Å². The average Bonchev–Trinajstić information content (AvgIpc) is 3.52. The van der Waals surface area contributed by atoms with Gasteiger partial charge in [0.15, 0.2) is 10.6 Å². The number of thiazole rings is 1. The summed E-state index contributed by atoms with van der Waals surface area (Å²) in [5.41, 5.74) is 6.76. The normalized spacial score (nSPS) is 18.0. The summed E-state index contributed by atoms with van der Waals surface area (Å²) in [4.78, 5) is 27.5. The number of ether oxygens (including phenoxy) is 2. The molecule has 0 unspecified atom stereocenters. The summed E-state index contributed by atoms with van der Waals surface area (Å²) in [6.45, 7) is 0.320. The molecule has 0 aliphatic carbocycles. The number of nitrogens with one attached hydrogen (secondary N) is 1. The van der Waals surface area contributed by atoms with E-state index in [0.29, 0.717) is 13.0 Å². The lowest BCUT2D eigenvalue weighted by atomic mass is 9.99. The fourth-order valence-corrected chi connectivity index (χ4v) is 7.42. The van der Waals surface area contributed by atoms with Crippen LogP contribution in [0.15, 0.2) is 101 Å². The van der Waals surface area contributed by atoms with E-state index in [4.69, 9.17) is 19.6 Å². The number of hydrogen-bond acceptors (Lipinski definition) is 8. The van der Waals surface area contributed by atoms with Crippen LogP contribution in [0.25, 0.3) is 21.3 Å². The van der Waals surface area contributed by atoms with Crippen molar-refractivity contribution in [3.05, 3.63) is 119 Å². The monoisotopic (exact) mass is 654 g/mol. The number of aliphatic hydroxyl groups is 1. The highest BCUT2D eigenvalue weighted by Gasteiger charge is 2.32. The quantitative estimate of drug-likeness (QED) is 0.120. The minimum Gasteiger partial charge on any atom is -0.481 e. The van der Waals surface area contributed by atoms with Gasteiger partial charge in [-0.25, -0.2) is 4.98 Å². The van der Waals surface area contributed by atoms with E-state index in [1.165, 1.54) is 4.70 Å². The van der Waals surface area contributed by atoms with E-state index in [0.717, 1.165) is 49.0 Å². The van der Waals surface area contributed by atoms with Gasteiger partial charge >= 0.3 is 5.97 Å². The van der Waals surface area contributed by atoms with Crippen molar-refractivity contribution in [3.8, 4) is 11.1 Å². The highest BCUT2D eigenvalue weighted by atomic mass is 32.2. The van der Waals surface area contributed by atoms with Crippen LogP contribution >= 0.6 is 23.1 Å². The van der Waals surface area contributed by atoms with Gasteiger partial charge in [-0.2, -0.15) is 0 Å². The molecule has 0 bridgehead atoms. The Morgan fingerprint density at radius 2 is 1.65 bits per heavy atom. The first-order valence-electron chi connectivity index (χ1n) is 15.1. The van der Waals surface area contributed by atoms with Gasteiger partial charge in [0.25, 0.3) is 0 Å². The molecule has 1 aliphatic rings. The van der Waals surface area contributed by atoms with Crippen molar-refractivity contribution in [2.24, 2.45) is 0 Å². The second kappa shape index (κ2) is 15.0. The summed E-state index contributed by atoms with van der Waals surface area (Å²) in [7, 11) is 0. The molecule has 1 aliphatic heterocycles. The third-order valence-corrected chi connectivity index (χ3v) is 10.1. The van der Waals surface area contributed by atoms with E-state index < -0.39 is 12.3 Å². The fourth-order valence-electron chi connectivity index (χ4n) is 5.30. The number of carboxylic acid groups (broad SMARTS) is 1. The largest absolute Gasteiger partial charge is 0.481 e. The van der Waals surface area contributed by atoms with Crippen molar-refractivity contribution in [3.63, 3.8) is 0 Å². The van der Waals surface area contributed by atoms with Gasteiger partial charge in [-0.15, -0.1) is 11.3 Å². The van der Waals surface area contributed by atoms with Gasteiger partial charge in [0.2, 0.25) is 5.91 Å². The Bertz CT molecular complexity index is 1760.